The maximum Gasteiger partial charge on any atom is 0.255 e. The van der Waals surface area contributed by atoms with Crippen LogP contribution in [0.3, 0.4) is 0 Å². The first kappa shape index (κ1) is 13.8. The summed E-state index contributed by atoms with van der Waals surface area (Å²) in [6.07, 6.45) is 0.638. The lowest BCUT2D eigenvalue weighted by Gasteiger charge is -2.06. The van der Waals surface area contributed by atoms with Crippen LogP contribution in [0.2, 0.25) is 4.34 Å². The Labute approximate surface area is 118 Å². The Hall–Kier alpha value is -1.59. The van der Waals surface area contributed by atoms with Crippen molar-refractivity contribution in [2.24, 2.45) is 0 Å². The molecule has 0 unspecified atom stereocenters. The molecule has 0 aliphatic heterocycles. The second-order valence-electron chi connectivity index (χ2n) is 3.87. The summed E-state index contributed by atoms with van der Waals surface area (Å²) in [5.74, 6) is -1.30. The van der Waals surface area contributed by atoms with E-state index in [0.29, 0.717) is 17.3 Å². The van der Waals surface area contributed by atoms with Crippen molar-refractivity contribution in [3.63, 3.8) is 0 Å². The standard InChI is InChI=1S/C13H11ClFNO2S/c14-12-4-2-9(19-12)5-6-16-13(18)10-7-8(15)1-3-11(10)17/h1-4,7,17H,5-6H2,(H,16,18). The van der Waals surface area contributed by atoms with Crippen LogP contribution in [0.25, 0.3) is 0 Å². The summed E-state index contributed by atoms with van der Waals surface area (Å²) in [5.41, 5.74) is -0.0655. The van der Waals surface area contributed by atoms with Gasteiger partial charge in [0, 0.05) is 11.4 Å². The highest BCUT2D eigenvalue weighted by atomic mass is 35.5. The summed E-state index contributed by atoms with van der Waals surface area (Å²) in [6, 6.07) is 6.94. The molecule has 0 saturated carbocycles. The Bertz CT molecular complexity index is 600. The predicted octanol–water partition coefficient (Wildman–Crippen LogP) is 3.22. The maximum absolute atomic E-state index is 13.0. The molecule has 0 saturated heterocycles. The molecule has 1 aromatic heterocycles. The number of thiophene rings is 1. The molecule has 0 fully saturated rings. The summed E-state index contributed by atoms with van der Waals surface area (Å²) in [7, 11) is 0. The molecule has 1 aromatic carbocycles. The fourth-order valence-electron chi connectivity index (χ4n) is 1.57. The van der Waals surface area contributed by atoms with E-state index in [4.69, 9.17) is 11.6 Å². The van der Waals surface area contributed by atoms with Gasteiger partial charge in [0.1, 0.15) is 11.6 Å². The van der Waals surface area contributed by atoms with Gasteiger partial charge in [-0.3, -0.25) is 4.79 Å². The topological polar surface area (TPSA) is 49.3 Å². The number of hydrogen-bond donors (Lipinski definition) is 2. The van der Waals surface area contributed by atoms with Crippen molar-refractivity contribution in [1.29, 1.82) is 0 Å². The van der Waals surface area contributed by atoms with E-state index in [-0.39, 0.29) is 11.3 Å². The Morgan fingerprint density at radius 1 is 1.37 bits per heavy atom. The molecule has 0 spiro atoms. The van der Waals surface area contributed by atoms with Crippen molar-refractivity contribution in [2.75, 3.05) is 6.54 Å². The van der Waals surface area contributed by atoms with E-state index in [0.717, 1.165) is 23.1 Å². The summed E-state index contributed by atoms with van der Waals surface area (Å²) in [6.45, 7) is 0.394. The van der Waals surface area contributed by atoms with Gasteiger partial charge in [-0.2, -0.15) is 0 Å². The number of hydrogen-bond acceptors (Lipinski definition) is 3. The fraction of sp³-hybridized carbons (Fsp3) is 0.154. The second kappa shape index (κ2) is 6.04. The average Bonchev–Trinajstić information content (AvgIpc) is 2.78. The summed E-state index contributed by atoms with van der Waals surface area (Å²) >= 11 is 7.24. The van der Waals surface area contributed by atoms with E-state index in [1.54, 1.807) is 6.07 Å². The van der Waals surface area contributed by atoms with Crippen LogP contribution in [0.4, 0.5) is 4.39 Å². The van der Waals surface area contributed by atoms with Crippen LogP contribution in [0.15, 0.2) is 30.3 Å². The highest BCUT2D eigenvalue weighted by Crippen LogP contribution is 2.21. The Balaban J connectivity index is 1.92. The number of rotatable bonds is 4. The van der Waals surface area contributed by atoms with Crippen molar-refractivity contribution in [3.05, 3.63) is 50.9 Å². The van der Waals surface area contributed by atoms with Gasteiger partial charge in [0.05, 0.1) is 9.90 Å². The first-order chi connectivity index (χ1) is 9.06. The number of nitrogens with one attached hydrogen (secondary N) is 1. The number of aromatic hydroxyl groups is 1. The minimum Gasteiger partial charge on any atom is -0.507 e. The van der Waals surface area contributed by atoms with E-state index in [9.17, 15) is 14.3 Å². The van der Waals surface area contributed by atoms with Gasteiger partial charge < -0.3 is 10.4 Å². The quantitative estimate of drug-likeness (QED) is 0.911. The highest BCUT2D eigenvalue weighted by molar-refractivity contribution is 7.16. The number of halogens is 2. The van der Waals surface area contributed by atoms with Crippen molar-refractivity contribution < 1.29 is 14.3 Å². The number of benzene rings is 1. The minimum atomic E-state index is -0.562. The van der Waals surface area contributed by atoms with Crippen LogP contribution < -0.4 is 5.32 Å². The van der Waals surface area contributed by atoms with Gasteiger partial charge in [-0.1, -0.05) is 11.6 Å². The number of carbonyl (C=O) groups is 1. The van der Waals surface area contributed by atoms with E-state index in [1.165, 1.54) is 11.3 Å². The molecule has 2 N–H and O–H groups in total. The molecular formula is C13H11ClFNO2S. The number of phenolic OH excluding ortho intramolecular Hbond substituents is 1. The molecule has 0 atom stereocenters. The number of amides is 1. The van der Waals surface area contributed by atoms with Crippen molar-refractivity contribution in [1.82, 2.24) is 5.32 Å². The SMILES string of the molecule is O=C(NCCc1ccc(Cl)s1)c1cc(F)ccc1O. The third-order valence-corrected chi connectivity index (χ3v) is 3.78. The Kier molecular flexibility index (Phi) is 4.39. The molecule has 3 nitrogen and oxygen atoms in total. The molecule has 6 heteroatoms. The first-order valence-corrected chi connectivity index (χ1v) is 6.76. The van der Waals surface area contributed by atoms with Crippen LogP contribution >= 0.6 is 22.9 Å². The van der Waals surface area contributed by atoms with Crippen molar-refractivity contribution in [3.8, 4) is 5.75 Å². The zero-order valence-electron chi connectivity index (χ0n) is 9.82. The van der Waals surface area contributed by atoms with E-state index in [1.807, 2.05) is 6.07 Å². The van der Waals surface area contributed by atoms with Crippen LogP contribution in [0.5, 0.6) is 5.75 Å². The van der Waals surface area contributed by atoms with E-state index >= 15 is 0 Å². The Morgan fingerprint density at radius 2 is 2.16 bits per heavy atom. The van der Waals surface area contributed by atoms with E-state index < -0.39 is 11.7 Å². The molecule has 1 heterocycles. The smallest absolute Gasteiger partial charge is 0.255 e. The van der Waals surface area contributed by atoms with Gasteiger partial charge in [0.2, 0.25) is 0 Å². The molecule has 0 aliphatic carbocycles. The molecular weight excluding hydrogens is 289 g/mol. The van der Waals surface area contributed by atoms with Crippen molar-refractivity contribution in [2.45, 2.75) is 6.42 Å². The van der Waals surface area contributed by atoms with Gasteiger partial charge in [0.25, 0.3) is 5.91 Å². The van der Waals surface area contributed by atoms with Gasteiger partial charge in [-0.15, -0.1) is 11.3 Å². The van der Waals surface area contributed by atoms with Crippen molar-refractivity contribution >= 4 is 28.8 Å². The van der Waals surface area contributed by atoms with Gasteiger partial charge >= 0.3 is 0 Å². The van der Waals surface area contributed by atoms with Crippen LogP contribution in [0.1, 0.15) is 15.2 Å². The van der Waals surface area contributed by atoms with Crippen LogP contribution in [-0.4, -0.2) is 17.6 Å². The van der Waals surface area contributed by atoms with E-state index in [2.05, 4.69) is 5.32 Å². The third-order valence-electron chi connectivity index (χ3n) is 2.49. The fourth-order valence-corrected chi connectivity index (χ4v) is 2.66. The molecule has 0 aliphatic rings. The lowest BCUT2D eigenvalue weighted by Crippen LogP contribution is -2.25. The first-order valence-electron chi connectivity index (χ1n) is 5.57. The molecule has 19 heavy (non-hydrogen) atoms. The highest BCUT2D eigenvalue weighted by Gasteiger charge is 2.11. The maximum atomic E-state index is 13.0. The zero-order chi connectivity index (χ0) is 13.8. The lowest BCUT2D eigenvalue weighted by molar-refractivity contribution is 0.0951. The minimum absolute atomic E-state index is 0.0655. The number of carbonyl (C=O) groups excluding carboxylic acids is 1. The predicted molar refractivity (Wildman–Crippen MR) is 73.4 cm³/mol. The van der Waals surface area contributed by atoms with Crippen LogP contribution in [-0.2, 0) is 6.42 Å². The molecule has 2 rings (SSSR count). The monoisotopic (exact) mass is 299 g/mol. The molecule has 1 amide bonds. The summed E-state index contributed by atoms with van der Waals surface area (Å²) in [4.78, 5) is 12.8. The summed E-state index contributed by atoms with van der Waals surface area (Å²) < 4.78 is 13.7. The van der Waals surface area contributed by atoms with Gasteiger partial charge in [0.15, 0.2) is 0 Å². The normalized spacial score (nSPS) is 10.4. The van der Waals surface area contributed by atoms with Gasteiger partial charge in [-0.05, 0) is 36.8 Å². The van der Waals surface area contributed by atoms with Crippen LogP contribution in [0, 0.1) is 5.82 Å². The van der Waals surface area contributed by atoms with Gasteiger partial charge in [-0.25, -0.2) is 4.39 Å². The Morgan fingerprint density at radius 3 is 2.84 bits per heavy atom. The lowest BCUT2D eigenvalue weighted by atomic mass is 10.2. The number of phenols is 1. The second-order valence-corrected chi connectivity index (χ2v) is 5.67. The zero-order valence-corrected chi connectivity index (χ0v) is 11.4. The molecule has 0 radical (unpaired) electrons. The third kappa shape index (κ3) is 3.68. The summed E-state index contributed by atoms with van der Waals surface area (Å²) in [5, 5.41) is 12.1. The molecule has 2 aromatic rings. The largest absolute Gasteiger partial charge is 0.507 e. The molecule has 0 bridgehead atoms. The molecule has 100 valence electrons. The average molecular weight is 300 g/mol.